The Morgan fingerprint density at radius 2 is 2.00 bits per heavy atom. The van der Waals surface area contributed by atoms with E-state index in [0.29, 0.717) is 5.75 Å². The molecule has 0 heterocycles. The summed E-state index contributed by atoms with van der Waals surface area (Å²) in [5, 5.41) is 11.5. The molecular formula is C17H23NO3. The van der Waals surface area contributed by atoms with E-state index in [2.05, 4.69) is 12.2 Å². The molecule has 2 N–H and O–H groups in total. The van der Waals surface area contributed by atoms with Gasteiger partial charge < -0.3 is 15.2 Å². The minimum absolute atomic E-state index is 0.00925. The highest BCUT2D eigenvalue weighted by molar-refractivity contribution is 5.99. The molecule has 0 aromatic heterocycles. The summed E-state index contributed by atoms with van der Waals surface area (Å²) in [6.07, 6.45) is 6.15. The first-order chi connectivity index (χ1) is 10.2. The van der Waals surface area contributed by atoms with Gasteiger partial charge in [-0.05, 0) is 55.9 Å². The number of allylic oxidation sites excluding steroid dienone is 1. The molecule has 2 rings (SSSR count). The Labute approximate surface area is 125 Å². The number of aliphatic hydroxyl groups is 1. The second kappa shape index (κ2) is 7.84. The van der Waals surface area contributed by atoms with E-state index in [4.69, 9.17) is 9.84 Å². The summed E-state index contributed by atoms with van der Waals surface area (Å²) in [5.74, 6) is 1.39. The standard InChI is InChI=1S/C17H23NO3/c1-13-2-4-14(5-3-13)12-17(20)18-15-6-8-16(9-7-15)21-11-10-19/h6-9,12-13,19H,2-5,10-11H2,1H3,(H,18,20). The highest BCUT2D eigenvalue weighted by Crippen LogP contribution is 2.27. The van der Waals surface area contributed by atoms with E-state index in [1.54, 1.807) is 30.3 Å². The number of rotatable bonds is 5. The summed E-state index contributed by atoms with van der Waals surface area (Å²) in [6, 6.07) is 7.15. The van der Waals surface area contributed by atoms with E-state index >= 15 is 0 Å². The van der Waals surface area contributed by atoms with Crippen molar-refractivity contribution < 1.29 is 14.6 Å². The predicted molar refractivity (Wildman–Crippen MR) is 83.4 cm³/mol. The molecule has 21 heavy (non-hydrogen) atoms. The van der Waals surface area contributed by atoms with Crippen molar-refractivity contribution in [3.8, 4) is 5.75 Å². The summed E-state index contributed by atoms with van der Waals surface area (Å²) in [5.41, 5.74) is 1.99. The average Bonchev–Trinajstić information content (AvgIpc) is 2.49. The Kier molecular flexibility index (Phi) is 5.81. The molecule has 1 aromatic carbocycles. The molecule has 0 unspecified atom stereocenters. The molecule has 1 amide bonds. The number of benzene rings is 1. The fourth-order valence-corrected chi connectivity index (χ4v) is 2.44. The monoisotopic (exact) mass is 289 g/mol. The predicted octanol–water partition coefficient (Wildman–Crippen LogP) is 3.13. The second-order valence-electron chi connectivity index (χ2n) is 5.57. The minimum atomic E-state index is -0.0661. The average molecular weight is 289 g/mol. The summed E-state index contributed by atoms with van der Waals surface area (Å²) in [6.45, 7) is 2.53. The molecule has 114 valence electrons. The van der Waals surface area contributed by atoms with Crippen LogP contribution in [0.3, 0.4) is 0 Å². The van der Waals surface area contributed by atoms with Gasteiger partial charge >= 0.3 is 0 Å². The van der Waals surface area contributed by atoms with E-state index in [9.17, 15) is 4.79 Å². The highest BCUT2D eigenvalue weighted by Gasteiger charge is 2.13. The number of carbonyl (C=O) groups is 1. The molecule has 1 saturated carbocycles. The smallest absolute Gasteiger partial charge is 0.248 e. The maximum atomic E-state index is 12.0. The summed E-state index contributed by atoms with van der Waals surface area (Å²) in [7, 11) is 0. The van der Waals surface area contributed by atoms with Crippen LogP contribution in [0.2, 0.25) is 0 Å². The lowest BCUT2D eigenvalue weighted by atomic mass is 9.87. The normalized spacial score (nSPS) is 18.2. The van der Waals surface area contributed by atoms with Gasteiger partial charge in [0.25, 0.3) is 0 Å². The summed E-state index contributed by atoms with van der Waals surface area (Å²) < 4.78 is 5.27. The van der Waals surface area contributed by atoms with Crippen LogP contribution in [0.4, 0.5) is 5.69 Å². The molecule has 4 nitrogen and oxygen atoms in total. The Bertz CT molecular complexity index is 483. The number of hydrogen-bond donors (Lipinski definition) is 2. The van der Waals surface area contributed by atoms with Crippen LogP contribution >= 0.6 is 0 Å². The number of aliphatic hydroxyl groups excluding tert-OH is 1. The maximum Gasteiger partial charge on any atom is 0.248 e. The van der Waals surface area contributed by atoms with Gasteiger partial charge in [-0.1, -0.05) is 12.5 Å². The zero-order valence-corrected chi connectivity index (χ0v) is 12.5. The van der Waals surface area contributed by atoms with Crippen LogP contribution in [0, 0.1) is 5.92 Å². The lowest BCUT2D eigenvalue weighted by Crippen LogP contribution is -2.11. The third kappa shape index (κ3) is 5.23. The maximum absolute atomic E-state index is 12.0. The highest BCUT2D eigenvalue weighted by atomic mass is 16.5. The van der Waals surface area contributed by atoms with Crippen molar-refractivity contribution in [3.63, 3.8) is 0 Å². The van der Waals surface area contributed by atoms with Gasteiger partial charge in [0.15, 0.2) is 0 Å². The first kappa shape index (κ1) is 15.6. The van der Waals surface area contributed by atoms with Crippen LogP contribution in [-0.4, -0.2) is 24.2 Å². The van der Waals surface area contributed by atoms with Crippen molar-refractivity contribution in [2.24, 2.45) is 5.92 Å². The summed E-state index contributed by atoms with van der Waals surface area (Å²) in [4.78, 5) is 12.0. The molecule has 0 atom stereocenters. The Morgan fingerprint density at radius 1 is 1.33 bits per heavy atom. The minimum Gasteiger partial charge on any atom is -0.491 e. The Morgan fingerprint density at radius 3 is 2.62 bits per heavy atom. The topological polar surface area (TPSA) is 58.6 Å². The molecular weight excluding hydrogens is 266 g/mol. The van der Waals surface area contributed by atoms with Crippen molar-refractivity contribution in [3.05, 3.63) is 35.9 Å². The van der Waals surface area contributed by atoms with Crippen molar-refractivity contribution in [2.45, 2.75) is 32.6 Å². The molecule has 4 heteroatoms. The van der Waals surface area contributed by atoms with Gasteiger partial charge in [0.2, 0.25) is 5.91 Å². The van der Waals surface area contributed by atoms with Crippen LogP contribution in [0.1, 0.15) is 32.6 Å². The lowest BCUT2D eigenvalue weighted by Gasteiger charge is -2.19. The largest absolute Gasteiger partial charge is 0.491 e. The van der Waals surface area contributed by atoms with Crippen molar-refractivity contribution in [2.75, 3.05) is 18.5 Å². The van der Waals surface area contributed by atoms with E-state index < -0.39 is 0 Å². The molecule has 1 fully saturated rings. The van der Waals surface area contributed by atoms with Crippen LogP contribution in [0.15, 0.2) is 35.9 Å². The number of amides is 1. The SMILES string of the molecule is CC1CCC(=CC(=O)Nc2ccc(OCCO)cc2)CC1. The van der Waals surface area contributed by atoms with Gasteiger partial charge in [-0.3, -0.25) is 4.79 Å². The third-order valence-corrected chi connectivity index (χ3v) is 3.73. The zero-order valence-electron chi connectivity index (χ0n) is 12.5. The van der Waals surface area contributed by atoms with Crippen LogP contribution in [0.25, 0.3) is 0 Å². The second-order valence-corrected chi connectivity index (χ2v) is 5.57. The fraction of sp³-hybridized carbons (Fsp3) is 0.471. The zero-order chi connectivity index (χ0) is 15.1. The number of hydrogen-bond acceptors (Lipinski definition) is 3. The number of carbonyl (C=O) groups excluding carboxylic acids is 1. The number of nitrogens with one attached hydrogen (secondary N) is 1. The van der Waals surface area contributed by atoms with E-state index in [1.165, 1.54) is 18.4 Å². The van der Waals surface area contributed by atoms with Gasteiger partial charge in [-0.25, -0.2) is 0 Å². The first-order valence-corrected chi connectivity index (χ1v) is 7.51. The molecule has 0 saturated heterocycles. The van der Waals surface area contributed by atoms with Gasteiger partial charge in [0.1, 0.15) is 12.4 Å². The van der Waals surface area contributed by atoms with Gasteiger partial charge in [0, 0.05) is 11.8 Å². The van der Waals surface area contributed by atoms with Gasteiger partial charge in [-0.2, -0.15) is 0 Å². The van der Waals surface area contributed by atoms with Crippen molar-refractivity contribution >= 4 is 11.6 Å². The molecule has 1 aromatic rings. The van der Waals surface area contributed by atoms with Crippen molar-refractivity contribution in [1.82, 2.24) is 0 Å². The first-order valence-electron chi connectivity index (χ1n) is 7.51. The molecule has 1 aliphatic rings. The Hall–Kier alpha value is -1.81. The number of ether oxygens (including phenoxy) is 1. The molecule has 0 bridgehead atoms. The van der Waals surface area contributed by atoms with E-state index in [0.717, 1.165) is 24.4 Å². The molecule has 1 aliphatic carbocycles. The van der Waals surface area contributed by atoms with Crippen LogP contribution < -0.4 is 10.1 Å². The Balaban J connectivity index is 1.86. The summed E-state index contributed by atoms with van der Waals surface area (Å²) >= 11 is 0. The molecule has 0 aliphatic heterocycles. The van der Waals surface area contributed by atoms with Crippen molar-refractivity contribution in [1.29, 1.82) is 0 Å². The van der Waals surface area contributed by atoms with E-state index in [-0.39, 0.29) is 19.1 Å². The number of anilines is 1. The quantitative estimate of drug-likeness (QED) is 0.819. The third-order valence-electron chi connectivity index (χ3n) is 3.73. The van der Waals surface area contributed by atoms with Gasteiger partial charge in [0.05, 0.1) is 6.61 Å². The molecule has 0 radical (unpaired) electrons. The van der Waals surface area contributed by atoms with E-state index in [1.807, 2.05) is 0 Å². The fourth-order valence-electron chi connectivity index (χ4n) is 2.44. The molecule has 0 spiro atoms. The van der Waals surface area contributed by atoms with Gasteiger partial charge in [-0.15, -0.1) is 0 Å². The van der Waals surface area contributed by atoms with Crippen LogP contribution in [0.5, 0.6) is 5.75 Å². The lowest BCUT2D eigenvalue weighted by molar-refractivity contribution is -0.112. The van der Waals surface area contributed by atoms with Crippen LogP contribution in [-0.2, 0) is 4.79 Å².